The lowest BCUT2D eigenvalue weighted by Gasteiger charge is -2.29. The van der Waals surface area contributed by atoms with Crippen LogP contribution >= 0.6 is 12.2 Å². The van der Waals surface area contributed by atoms with E-state index in [1.165, 1.54) is 12.1 Å². The Balaban J connectivity index is 1.45. The predicted molar refractivity (Wildman–Crippen MR) is 145 cm³/mol. The molecule has 1 saturated heterocycles. The van der Waals surface area contributed by atoms with E-state index < -0.39 is 11.8 Å². The molecule has 0 radical (unpaired) electrons. The van der Waals surface area contributed by atoms with Gasteiger partial charge in [-0.15, -0.1) is 0 Å². The number of aromatic carboxylic acids is 1. The second-order valence-electron chi connectivity index (χ2n) is 8.75. The fourth-order valence-electron chi connectivity index (χ4n) is 4.60. The minimum Gasteiger partial charge on any atom is -0.478 e. The minimum absolute atomic E-state index is 0.0790. The van der Waals surface area contributed by atoms with Crippen molar-refractivity contribution in [2.45, 2.75) is 18.5 Å². The number of nitrogens with one attached hydrogen (secondary N) is 2. The highest BCUT2D eigenvalue weighted by Crippen LogP contribution is 2.39. The number of nitrogens with zero attached hydrogens (tertiary/aromatic N) is 3. The predicted octanol–water partition coefficient (Wildman–Crippen LogP) is 4.71. The first-order valence-electron chi connectivity index (χ1n) is 12.0. The number of carboxylic acids is 1. The van der Waals surface area contributed by atoms with Crippen molar-refractivity contribution < 1.29 is 19.1 Å². The lowest BCUT2D eigenvalue weighted by molar-refractivity contribution is -0.116. The Kier molecular flexibility index (Phi) is 7.14. The third-order valence-corrected chi connectivity index (χ3v) is 6.75. The van der Waals surface area contributed by atoms with Gasteiger partial charge >= 0.3 is 5.97 Å². The van der Waals surface area contributed by atoms with Crippen molar-refractivity contribution in [2.24, 2.45) is 0 Å². The molecule has 10 heteroatoms. The molecule has 1 aliphatic rings. The van der Waals surface area contributed by atoms with Gasteiger partial charge in [-0.3, -0.25) is 9.78 Å². The van der Waals surface area contributed by atoms with Crippen LogP contribution in [0.2, 0.25) is 0 Å². The molecule has 2 aromatic heterocycles. The van der Waals surface area contributed by atoms with Gasteiger partial charge in [0.25, 0.3) is 0 Å². The minimum atomic E-state index is -0.996. The number of aromatic nitrogens is 2. The number of hydrogen-bond donors (Lipinski definition) is 3. The number of anilines is 1. The van der Waals surface area contributed by atoms with E-state index in [-0.39, 0.29) is 42.2 Å². The van der Waals surface area contributed by atoms with Crippen LogP contribution in [0.3, 0.4) is 0 Å². The van der Waals surface area contributed by atoms with Gasteiger partial charge < -0.3 is 25.2 Å². The van der Waals surface area contributed by atoms with Crippen LogP contribution in [0, 0.1) is 5.82 Å². The van der Waals surface area contributed by atoms with E-state index in [9.17, 15) is 19.1 Å². The number of benzene rings is 2. The van der Waals surface area contributed by atoms with Crippen LogP contribution in [0.1, 0.15) is 40.3 Å². The molecular weight excluding hydrogens is 505 g/mol. The van der Waals surface area contributed by atoms with E-state index in [2.05, 4.69) is 15.6 Å². The van der Waals surface area contributed by atoms with Crippen LogP contribution in [0.5, 0.6) is 0 Å². The lowest BCUT2D eigenvalue weighted by Crippen LogP contribution is -2.33. The number of rotatable bonds is 8. The van der Waals surface area contributed by atoms with Crippen LogP contribution in [-0.2, 0) is 4.79 Å². The zero-order chi connectivity index (χ0) is 26.6. The molecule has 3 heterocycles. The van der Waals surface area contributed by atoms with Crippen LogP contribution in [0.4, 0.5) is 10.1 Å². The number of para-hydroxylation sites is 1. The molecule has 38 heavy (non-hydrogen) atoms. The molecule has 0 saturated carbocycles. The summed E-state index contributed by atoms with van der Waals surface area (Å²) in [7, 11) is 0. The largest absolute Gasteiger partial charge is 0.478 e. The van der Waals surface area contributed by atoms with E-state index in [1.54, 1.807) is 42.6 Å². The Morgan fingerprint density at radius 2 is 1.79 bits per heavy atom. The summed E-state index contributed by atoms with van der Waals surface area (Å²) in [5.74, 6) is -1.83. The number of carbonyl (C=O) groups is 2. The van der Waals surface area contributed by atoms with Crippen molar-refractivity contribution in [3.8, 4) is 5.69 Å². The molecule has 1 amide bonds. The SMILES string of the molecule is O=C(CCN1C(=S)N[C@H](c2ccccn2)[C@@H]1c1cccn1-c1ccc(C(=O)O)cc1)Nc1ccccc1F. The van der Waals surface area contributed by atoms with Gasteiger partial charge in [0.05, 0.1) is 29.0 Å². The summed E-state index contributed by atoms with van der Waals surface area (Å²) >= 11 is 5.70. The first-order valence-corrected chi connectivity index (χ1v) is 12.4. The van der Waals surface area contributed by atoms with Crippen molar-refractivity contribution in [3.05, 3.63) is 114 Å². The Bertz CT molecular complexity index is 1480. The third-order valence-electron chi connectivity index (χ3n) is 6.40. The number of amides is 1. The summed E-state index contributed by atoms with van der Waals surface area (Å²) in [6.45, 7) is 0.281. The summed E-state index contributed by atoms with van der Waals surface area (Å²) in [5.41, 5.74) is 2.77. The summed E-state index contributed by atoms with van der Waals surface area (Å²) < 4.78 is 16.0. The molecule has 2 aromatic carbocycles. The molecule has 8 nitrogen and oxygen atoms in total. The number of carbonyl (C=O) groups excluding carboxylic acids is 1. The van der Waals surface area contributed by atoms with E-state index in [0.717, 1.165) is 17.1 Å². The lowest BCUT2D eigenvalue weighted by atomic mass is 10.0. The average Bonchev–Trinajstić information content (AvgIpc) is 3.53. The first-order chi connectivity index (χ1) is 18.4. The molecule has 192 valence electrons. The molecule has 2 atom stereocenters. The maximum Gasteiger partial charge on any atom is 0.335 e. The second-order valence-corrected chi connectivity index (χ2v) is 9.14. The van der Waals surface area contributed by atoms with Crippen molar-refractivity contribution in [3.63, 3.8) is 0 Å². The van der Waals surface area contributed by atoms with Crippen LogP contribution < -0.4 is 10.6 Å². The van der Waals surface area contributed by atoms with Crippen LogP contribution in [0.15, 0.2) is 91.3 Å². The molecular formula is C28H24FN5O3S. The molecule has 1 aliphatic heterocycles. The fraction of sp³-hybridized carbons (Fsp3) is 0.143. The quantitative estimate of drug-likeness (QED) is 0.284. The van der Waals surface area contributed by atoms with Crippen LogP contribution in [-0.4, -0.2) is 43.1 Å². The summed E-state index contributed by atoms with van der Waals surface area (Å²) in [4.78, 5) is 30.5. The van der Waals surface area contributed by atoms with Gasteiger partial charge in [-0.2, -0.15) is 0 Å². The van der Waals surface area contributed by atoms with Gasteiger partial charge in [0.15, 0.2) is 5.11 Å². The number of carboxylic acid groups (broad SMARTS) is 1. The molecule has 0 aliphatic carbocycles. The average molecular weight is 530 g/mol. The van der Waals surface area contributed by atoms with E-state index in [4.69, 9.17) is 12.2 Å². The normalized spacial score (nSPS) is 16.8. The monoisotopic (exact) mass is 529 g/mol. The number of hydrogen-bond acceptors (Lipinski definition) is 4. The van der Waals surface area contributed by atoms with Gasteiger partial charge in [0.2, 0.25) is 5.91 Å². The summed E-state index contributed by atoms with van der Waals surface area (Å²) in [6.07, 6.45) is 3.69. The smallest absolute Gasteiger partial charge is 0.335 e. The maximum absolute atomic E-state index is 14.0. The maximum atomic E-state index is 14.0. The van der Waals surface area contributed by atoms with E-state index in [1.807, 2.05) is 46.0 Å². The zero-order valence-electron chi connectivity index (χ0n) is 20.1. The topological polar surface area (TPSA) is 99.5 Å². The Hall–Kier alpha value is -4.57. The Morgan fingerprint density at radius 3 is 2.50 bits per heavy atom. The highest BCUT2D eigenvalue weighted by Gasteiger charge is 2.41. The van der Waals surface area contributed by atoms with E-state index >= 15 is 0 Å². The molecule has 5 rings (SSSR count). The van der Waals surface area contributed by atoms with E-state index in [0.29, 0.717) is 5.11 Å². The van der Waals surface area contributed by atoms with Gasteiger partial charge in [0, 0.05) is 36.7 Å². The highest BCUT2D eigenvalue weighted by atomic mass is 32.1. The van der Waals surface area contributed by atoms with Gasteiger partial charge in [-0.25, -0.2) is 9.18 Å². The molecule has 0 bridgehead atoms. The van der Waals surface area contributed by atoms with Crippen LogP contribution in [0.25, 0.3) is 5.69 Å². The van der Waals surface area contributed by atoms with Gasteiger partial charge in [-0.05, 0) is 72.9 Å². The zero-order valence-corrected chi connectivity index (χ0v) is 20.9. The Morgan fingerprint density at radius 1 is 1.03 bits per heavy atom. The third kappa shape index (κ3) is 5.12. The number of pyridine rings is 1. The van der Waals surface area contributed by atoms with Crippen molar-refractivity contribution in [1.29, 1.82) is 0 Å². The molecule has 3 N–H and O–H groups in total. The summed E-state index contributed by atoms with van der Waals surface area (Å²) in [6, 6.07) is 21.5. The molecule has 1 fully saturated rings. The van der Waals surface area contributed by atoms with Gasteiger partial charge in [0.1, 0.15) is 5.82 Å². The second kappa shape index (κ2) is 10.8. The molecule has 0 spiro atoms. The first kappa shape index (κ1) is 25.1. The number of halogens is 1. The van der Waals surface area contributed by atoms with Gasteiger partial charge in [-0.1, -0.05) is 18.2 Å². The summed E-state index contributed by atoms with van der Waals surface area (Å²) in [5, 5.41) is 15.7. The molecule has 4 aromatic rings. The van der Waals surface area contributed by atoms with Crippen molar-refractivity contribution >= 4 is 34.9 Å². The van der Waals surface area contributed by atoms with Crippen molar-refractivity contribution in [2.75, 3.05) is 11.9 Å². The van der Waals surface area contributed by atoms with Crippen molar-refractivity contribution in [1.82, 2.24) is 19.8 Å². The highest BCUT2D eigenvalue weighted by molar-refractivity contribution is 7.80. The molecule has 0 unspecified atom stereocenters. The Labute approximate surface area is 223 Å². The fourth-order valence-corrected chi connectivity index (χ4v) is 4.93. The standard InChI is InChI=1S/C28H24FN5O3S/c29-20-6-1-2-7-21(20)31-24(35)14-17-34-26(25(32-28(34)38)22-8-3-4-15-30-22)23-9-5-16-33(23)19-12-10-18(11-13-19)27(36)37/h1-13,15-16,25-26H,14,17H2,(H,31,35)(H,32,38)(H,36,37)/t25-,26+/m1/s1. The number of thiocarbonyl (C=S) groups is 1.